The normalized spacial score (nSPS) is 11.5. The van der Waals surface area contributed by atoms with Gasteiger partial charge in [0.15, 0.2) is 0 Å². The molecule has 0 aliphatic carbocycles. The van der Waals surface area contributed by atoms with Crippen molar-refractivity contribution in [3.8, 4) is 17.6 Å². The number of hydrogen-bond donors (Lipinski definition) is 1. The van der Waals surface area contributed by atoms with E-state index in [2.05, 4.69) is 27.8 Å². The fourth-order valence-corrected chi connectivity index (χ4v) is 1.66. The van der Waals surface area contributed by atoms with Gasteiger partial charge in [0, 0.05) is 16.5 Å². The Bertz CT molecular complexity index is 402. The summed E-state index contributed by atoms with van der Waals surface area (Å²) in [5, 5.41) is 9.57. The van der Waals surface area contributed by atoms with Crippen LogP contribution < -0.4 is 4.74 Å². The summed E-state index contributed by atoms with van der Waals surface area (Å²) in [6, 6.07) is 5.61. The molecule has 1 atom stereocenters. The highest BCUT2D eigenvalue weighted by atomic mass is 79.9. The average Bonchev–Trinajstić information content (AvgIpc) is 2.24. The van der Waals surface area contributed by atoms with Gasteiger partial charge >= 0.3 is 0 Å². The smallest absolute Gasteiger partial charge is 0.126 e. The first-order chi connectivity index (χ1) is 7.65. The molecule has 1 N–H and O–H groups in total. The van der Waals surface area contributed by atoms with Gasteiger partial charge < -0.3 is 9.84 Å². The maximum atomic E-state index is 9.57. The van der Waals surface area contributed by atoms with Crippen molar-refractivity contribution in [2.75, 3.05) is 6.61 Å². The third-order valence-electron chi connectivity index (χ3n) is 2.09. The predicted octanol–water partition coefficient (Wildman–Crippen LogP) is 3.29. The Labute approximate surface area is 105 Å². The van der Waals surface area contributed by atoms with Crippen molar-refractivity contribution in [3.63, 3.8) is 0 Å². The molecule has 0 bridgehead atoms. The van der Waals surface area contributed by atoms with E-state index in [0.717, 1.165) is 10.0 Å². The molecule has 0 amide bonds. The van der Waals surface area contributed by atoms with E-state index in [1.54, 1.807) is 13.8 Å². The summed E-state index contributed by atoms with van der Waals surface area (Å²) in [6.45, 7) is 4.07. The summed E-state index contributed by atoms with van der Waals surface area (Å²) in [6.07, 6.45) is 0.169. The maximum absolute atomic E-state index is 9.57. The molecular formula is C13H15BrO2. The number of benzene rings is 1. The van der Waals surface area contributed by atoms with E-state index in [9.17, 15) is 5.11 Å². The van der Waals surface area contributed by atoms with Gasteiger partial charge in [0.2, 0.25) is 0 Å². The van der Waals surface area contributed by atoms with E-state index in [1.165, 1.54) is 0 Å². The second-order valence-electron chi connectivity index (χ2n) is 3.38. The quantitative estimate of drug-likeness (QED) is 0.678. The van der Waals surface area contributed by atoms with Crippen LogP contribution in [0, 0.1) is 11.8 Å². The van der Waals surface area contributed by atoms with Crippen LogP contribution in [0.3, 0.4) is 0 Å². The van der Waals surface area contributed by atoms with Crippen LogP contribution in [0.5, 0.6) is 5.75 Å². The molecule has 0 saturated carbocycles. The Hall–Kier alpha value is -0.980. The first kappa shape index (κ1) is 13.1. The van der Waals surface area contributed by atoms with Crippen LogP contribution in [0.2, 0.25) is 0 Å². The van der Waals surface area contributed by atoms with E-state index in [-0.39, 0.29) is 0 Å². The Balaban J connectivity index is 2.74. The lowest BCUT2D eigenvalue weighted by molar-refractivity contribution is 0.191. The van der Waals surface area contributed by atoms with Gasteiger partial charge in [-0.05, 0) is 26.0 Å². The lowest BCUT2D eigenvalue weighted by Gasteiger charge is -2.13. The lowest BCUT2D eigenvalue weighted by Crippen LogP contribution is -2.01. The molecule has 0 spiro atoms. The third kappa shape index (κ3) is 3.88. The van der Waals surface area contributed by atoms with E-state index >= 15 is 0 Å². The topological polar surface area (TPSA) is 29.5 Å². The molecule has 0 radical (unpaired) electrons. The molecule has 0 heterocycles. The van der Waals surface area contributed by atoms with Crippen molar-refractivity contribution < 1.29 is 9.84 Å². The van der Waals surface area contributed by atoms with Crippen LogP contribution in [0.1, 0.15) is 31.9 Å². The molecule has 2 nitrogen and oxygen atoms in total. The van der Waals surface area contributed by atoms with Crippen molar-refractivity contribution in [2.45, 2.75) is 26.4 Å². The summed E-state index contributed by atoms with van der Waals surface area (Å²) >= 11 is 3.38. The van der Waals surface area contributed by atoms with Gasteiger partial charge in [-0.25, -0.2) is 0 Å². The summed E-state index contributed by atoms with van der Waals surface area (Å²) in [4.78, 5) is 0. The highest BCUT2D eigenvalue weighted by molar-refractivity contribution is 9.10. The van der Waals surface area contributed by atoms with E-state index < -0.39 is 6.10 Å². The summed E-state index contributed by atoms with van der Waals surface area (Å²) in [7, 11) is 0. The number of rotatable bonds is 4. The molecule has 3 heteroatoms. The molecule has 0 aromatic heterocycles. The summed E-state index contributed by atoms with van der Waals surface area (Å²) < 4.78 is 6.53. The number of hydrogen-bond acceptors (Lipinski definition) is 2. The summed E-state index contributed by atoms with van der Waals surface area (Å²) in [5.74, 6) is 6.46. The molecule has 0 aliphatic heterocycles. The molecule has 1 rings (SSSR count). The summed E-state index contributed by atoms with van der Waals surface area (Å²) in [5.41, 5.74) is 0.799. The van der Waals surface area contributed by atoms with Crippen LogP contribution in [0.15, 0.2) is 22.7 Å². The van der Waals surface area contributed by atoms with Crippen molar-refractivity contribution >= 4 is 15.9 Å². The van der Waals surface area contributed by atoms with Gasteiger partial charge in [-0.2, -0.15) is 0 Å². The first-order valence-electron chi connectivity index (χ1n) is 5.15. The minimum atomic E-state index is -0.527. The Morgan fingerprint density at radius 1 is 1.50 bits per heavy atom. The Kier molecular flexibility index (Phi) is 5.37. The van der Waals surface area contributed by atoms with Gasteiger partial charge in [0.05, 0.1) is 12.7 Å². The highest BCUT2D eigenvalue weighted by Crippen LogP contribution is 2.28. The van der Waals surface area contributed by atoms with Crippen molar-refractivity contribution in [3.05, 3.63) is 28.2 Å². The predicted molar refractivity (Wildman–Crippen MR) is 68.3 cm³/mol. The van der Waals surface area contributed by atoms with Crippen LogP contribution in [-0.4, -0.2) is 11.7 Å². The fraction of sp³-hybridized carbons (Fsp3) is 0.385. The Morgan fingerprint density at radius 2 is 2.25 bits per heavy atom. The number of aliphatic hydroxyl groups is 1. The molecule has 0 fully saturated rings. The second-order valence-corrected chi connectivity index (χ2v) is 4.30. The Morgan fingerprint density at radius 3 is 2.88 bits per heavy atom. The van der Waals surface area contributed by atoms with E-state index in [0.29, 0.717) is 18.8 Å². The van der Waals surface area contributed by atoms with Crippen LogP contribution in [0.4, 0.5) is 0 Å². The number of ether oxygens (including phenoxy) is 1. The minimum absolute atomic E-state index is 0.527. The molecule has 16 heavy (non-hydrogen) atoms. The van der Waals surface area contributed by atoms with Crippen LogP contribution >= 0.6 is 15.9 Å². The van der Waals surface area contributed by atoms with Crippen molar-refractivity contribution in [1.82, 2.24) is 0 Å². The molecule has 0 saturated heterocycles. The standard InChI is InChI=1S/C13H15BrO2/c1-3-4-5-8-16-13-9-11(14)6-7-12(13)10(2)15/h6-7,9-10,15H,5,8H2,1-2H3/t10-/m0/s1. The second kappa shape index (κ2) is 6.57. The van der Waals surface area contributed by atoms with Crippen LogP contribution in [0.25, 0.3) is 0 Å². The monoisotopic (exact) mass is 282 g/mol. The van der Waals surface area contributed by atoms with Gasteiger partial charge in [0.25, 0.3) is 0 Å². The lowest BCUT2D eigenvalue weighted by atomic mass is 10.1. The zero-order valence-corrected chi connectivity index (χ0v) is 11.0. The van der Waals surface area contributed by atoms with Gasteiger partial charge in [0.1, 0.15) is 5.75 Å². The molecule has 0 unspecified atom stereocenters. The molecule has 0 aliphatic rings. The van der Waals surface area contributed by atoms with Crippen molar-refractivity contribution in [1.29, 1.82) is 0 Å². The van der Waals surface area contributed by atoms with Gasteiger partial charge in [-0.15, -0.1) is 11.8 Å². The maximum Gasteiger partial charge on any atom is 0.126 e. The molecule has 1 aromatic rings. The van der Waals surface area contributed by atoms with Crippen LogP contribution in [-0.2, 0) is 0 Å². The van der Waals surface area contributed by atoms with E-state index in [4.69, 9.17) is 4.74 Å². The largest absolute Gasteiger partial charge is 0.492 e. The zero-order chi connectivity index (χ0) is 12.0. The average molecular weight is 283 g/mol. The third-order valence-corrected chi connectivity index (χ3v) is 2.58. The number of aliphatic hydroxyl groups excluding tert-OH is 1. The molecular weight excluding hydrogens is 268 g/mol. The number of halogens is 1. The fourth-order valence-electron chi connectivity index (χ4n) is 1.32. The first-order valence-corrected chi connectivity index (χ1v) is 5.94. The van der Waals surface area contributed by atoms with Gasteiger partial charge in [-0.1, -0.05) is 22.0 Å². The van der Waals surface area contributed by atoms with E-state index in [1.807, 2.05) is 18.2 Å². The zero-order valence-electron chi connectivity index (χ0n) is 9.46. The minimum Gasteiger partial charge on any atom is -0.492 e. The SMILES string of the molecule is CC#CCCOc1cc(Br)ccc1[C@H](C)O. The molecule has 1 aromatic carbocycles. The molecule has 86 valence electrons. The van der Waals surface area contributed by atoms with Gasteiger partial charge in [-0.3, -0.25) is 0 Å². The highest BCUT2D eigenvalue weighted by Gasteiger charge is 2.09. The van der Waals surface area contributed by atoms with Crippen molar-refractivity contribution in [2.24, 2.45) is 0 Å².